The number of ether oxygens (including phenoxy) is 3. The molecular formula is C29H35BrN4O4S. The van der Waals surface area contributed by atoms with Crippen molar-refractivity contribution in [1.29, 1.82) is 0 Å². The van der Waals surface area contributed by atoms with Crippen molar-refractivity contribution >= 4 is 39.6 Å². The number of carbonyl (C=O) groups excluding carboxylic acids is 1. The number of nitrogens with one attached hydrogen (secondary N) is 1. The molecule has 2 heterocycles. The van der Waals surface area contributed by atoms with E-state index >= 15 is 0 Å². The van der Waals surface area contributed by atoms with Crippen molar-refractivity contribution in [2.24, 2.45) is 0 Å². The Labute approximate surface area is 242 Å². The fourth-order valence-corrected chi connectivity index (χ4v) is 5.52. The molecule has 1 aliphatic heterocycles. The van der Waals surface area contributed by atoms with Crippen LogP contribution in [0.3, 0.4) is 0 Å². The first-order chi connectivity index (χ1) is 18.9. The van der Waals surface area contributed by atoms with Crippen molar-refractivity contribution in [3.8, 4) is 11.5 Å². The van der Waals surface area contributed by atoms with Gasteiger partial charge < -0.3 is 19.5 Å². The number of benzene rings is 2. The highest BCUT2D eigenvalue weighted by Gasteiger charge is 2.36. The third-order valence-electron chi connectivity index (χ3n) is 6.17. The van der Waals surface area contributed by atoms with Crippen LogP contribution in [0.5, 0.6) is 11.5 Å². The molecule has 1 aliphatic rings. The van der Waals surface area contributed by atoms with Crippen LogP contribution in [0.4, 0.5) is 5.95 Å². The van der Waals surface area contributed by atoms with Crippen molar-refractivity contribution in [3.05, 3.63) is 68.8 Å². The van der Waals surface area contributed by atoms with Gasteiger partial charge in [0, 0.05) is 5.70 Å². The highest BCUT2D eigenvalue weighted by atomic mass is 79.9. The summed E-state index contributed by atoms with van der Waals surface area (Å²) in [5.74, 6) is 2.21. The number of carbonyl (C=O) groups is 1. The van der Waals surface area contributed by atoms with Gasteiger partial charge in [-0.2, -0.15) is 4.98 Å². The Morgan fingerprint density at radius 1 is 1.15 bits per heavy atom. The van der Waals surface area contributed by atoms with Crippen LogP contribution in [-0.2, 0) is 16.1 Å². The van der Waals surface area contributed by atoms with Gasteiger partial charge in [-0.25, -0.2) is 9.48 Å². The van der Waals surface area contributed by atoms with E-state index in [9.17, 15) is 4.79 Å². The summed E-state index contributed by atoms with van der Waals surface area (Å²) in [4.78, 5) is 18.1. The molecule has 0 spiro atoms. The number of rotatable bonds is 12. The highest BCUT2D eigenvalue weighted by Crippen LogP contribution is 2.43. The van der Waals surface area contributed by atoms with Gasteiger partial charge in [0.05, 0.1) is 23.3 Å². The predicted octanol–water partition coefficient (Wildman–Crippen LogP) is 7.07. The lowest BCUT2D eigenvalue weighted by Crippen LogP contribution is -2.30. The molecule has 0 aliphatic carbocycles. The van der Waals surface area contributed by atoms with Crippen LogP contribution < -0.4 is 14.8 Å². The highest BCUT2D eigenvalue weighted by molar-refractivity contribution is 9.10. The topological polar surface area (TPSA) is 87.5 Å². The number of hydrogen-bond acceptors (Lipinski definition) is 8. The quantitative estimate of drug-likeness (QED) is 0.132. The van der Waals surface area contributed by atoms with Gasteiger partial charge in [-0.05, 0) is 72.1 Å². The molecule has 0 radical (unpaired) electrons. The molecule has 0 saturated carbocycles. The molecule has 3 aromatic rings. The maximum Gasteiger partial charge on any atom is 0.338 e. The average Bonchev–Trinajstić information content (AvgIpc) is 3.29. The minimum absolute atomic E-state index is 0.361. The number of fused-ring (bicyclic) bond motifs is 1. The van der Waals surface area contributed by atoms with E-state index in [4.69, 9.17) is 19.3 Å². The Kier molecular flexibility index (Phi) is 9.96. The van der Waals surface area contributed by atoms with E-state index in [1.54, 1.807) is 16.4 Å². The van der Waals surface area contributed by atoms with E-state index in [0.717, 1.165) is 34.2 Å². The van der Waals surface area contributed by atoms with E-state index in [1.165, 1.54) is 5.56 Å². The van der Waals surface area contributed by atoms with Gasteiger partial charge in [0.25, 0.3) is 0 Å². The lowest BCUT2D eigenvalue weighted by molar-refractivity contribution is -0.139. The summed E-state index contributed by atoms with van der Waals surface area (Å²) in [6.07, 6.45) is 1.74. The second-order valence-corrected chi connectivity index (χ2v) is 11.3. The van der Waals surface area contributed by atoms with Crippen molar-refractivity contribution < 1.29 is 19.0 Å². The molecule has 2 aromatic carbocycles. The Balaban J connectivity index is 1.76. The van der Waals surface area contributed by atoms with Crippen molar-refractivity contribution in [2.75, 3.05) is 24.3 Å². The first-order valence-electron chi connectivity index (χ1n) is 13.2. The Morgan fingerprint density at radius 2 is 1.97 bits per heavy atom. The van der Waals surface area contributed by atoms with Crippen LogP contribution in [0.15, 0.2) is 57.3 Å². The summed E-state index contributed by atoms with van der Waals surface area (Å²) in [5, 5.41) is 8.65. The summed E-state index contributed by atoms with van der Waals surface area (Å²) in [7, 11) is 0. The zero-order valence-corrected chi connectivity index (χ0v) is 25.4. The molecule has 1 unspecified atom stereocenters. The fraction of sp³-hybridized carbons (Fsp3) is 0.414. The molecule has 1 aromatic heterocycles. The van der Waals surface area contributed by atoms with Gasteiger partial charge >= 0.3 is 5.97 Å². The number of unbranched alkanes of at least 4 members (excludes halogenated alkanes) is 1. The summed E-state index contributed by atoms with van der Waals surface area (Å²) in [6.45, 7) is 11.2. The molecule has 0 fully saturated rings. The number of hydrogen-bond donors (Lipinski definition) is 1. The molecule has 1 atom stereocenters. The zero-order chi connectivity index (χ0) is 27.9. The average molecular weight is 616 g/mol. The van der Waals surface area contributed by atoms with Crippen molar-refractivity contribution in [3.63, 3.8) is 0 Å². The van der Waals surface area contributed by atoms with Gasteiger partial charge in [-0.3, -0.25) is 0 Å². The molecule has 1 N–H and O–H groups in total. The third-order valence-corrected chi connectivity index (χ3v) is 7.48. The maximum absolute atomic E-state index is 13.4. The molecule has 0 saturated heterocycles. The largest absolute Gasteiger partial charge is 0.490 e. The normalized spacial score (nSPS) is 14.6. The standard InChI is InChI=1S/C29H35BrN4O4S/c1-6-9-13-37-27(35)24-19(5)31-28-32-29(39-8-3)33-34(28)25(24)21-15-22(30)26(23(16-21)36-7-2)38-17-20-12-10-11-18(4)14-20/h10-12,14-16,25H,6-9,13,17H2,1-5H3,(H,31,32,33). The van der Waals surface area contributed by atoms with Crippen LogP contribution in [0.25, 0.3) is 0 Å². The second-order valence-electron chi connectivity index (χ2n) is 9.19. The molecule has 8 nitrogen and oxygen atoms in total. The molecule has 208 valence electrons. The molecule has 0 bridgehead atoms. The Bertz CT molecular complexity index is 1360. The number of aryl methyl sites for hydroxylation is 1. The van der Waals surface area contributed by atoms with Gasteiger partial charge in [-0.15, -0.1) is 5.10 Å². The lowest BCUT2D eigenvalue weighted by Gasteiger charge is -2.29. The minimum Gasteiger partial charge on any atom is -0.490 e. The van der Waals surface area contributed by atoms with Crippen molar-refractivity contribution in [1.82, 2.24) is 14.8 Å². The van der Waals surface area contributed by atoms with Gasteiger partial charge in [0.1, 0.15) is 12.6 Å². The maximum atomic E-state index is 13.4. The van der Waals surface area contributed by atoms with E-state index in [1.807, 2.05) is 38.1 Å². The van der Waals surface area contributed by atoms with E-state index in [2.05, 4.69) is 59.1 Å². The van der Waals surface area contributed by atoms with Crippen LogP contribution in [0.1, 0.15) is 63.3 Å². The van der Waals surface area contributed by atoms with Crippen LogP contribution >= 0.6 is 27.7 Å². The number of esters is 1. The third kappa shape index (κ3) is 6.78. The van der Waals surface area contributed by atoms with Crippen LogP contribution in [0, 0.1) is 6.92 Å². The fourth-order valence-electron chi connectivity index (χ4n) is 4.39. The second kappa shape index (κ2) is 13.4. The summed E-state index contributed by atoms with van der Waals surface area (Å²) in [6, 6.07) is 11.5. The van der Waals surface area contributed by atoms with Gasteiger partial charge in [0.15, 0.2) is 11.5 Å². The molecular weight excluding hydrogens is 580 g/mol. The Hall–Kier alpha value is -2.98. The number of nitrogens with zero attached hydrogens (tertiary/aromatic N) is 3. The minimum atomic E-state index is -0.560. The zero-order valence-electron chi connectivity index (χ0n) is 23.0. The van der Waals surface area contributed by atoms with Crippen LogP contribution in [-0.4, -0.2) is 39.7 Å². The monoisotopic (exact) mass is 614 g/mol. The van der Waals surface area contributed by atoms with E-state index in [-0.39, 0.29) is 5.97 Å². The van der Waals surface area contributed by atoms with Crippen molar-refractivity contribution in [2.45, 2.75) is 65.3 Å². The molecule has 39 heavy (non-hydrogen) atoms. The number of halogens is 1. The first kappa shape index (κ1) is 29.0. The summed E-state index contributed by atoms with van der Waals surface area (Å²) < 4.78 is 20.4. The number of aromatic nitrogens is 3. The summed E-state index contributed by atoms with van der Waals surface area (Å²) >= 11 is 5.26. The number of anilines is 1. The first-order valence-corrected chi connectivity index (χ1v) is 15.0. The van der Waals surface area contributed by atoms with E-state index < -0.39 is 6.04 Å². The Morgan fingerprint density at radius 3 is 2.69 bits per heavy atom. The molecule has 0 amide bonds. The molecule has 10 heteroatoms. The smallest absolute Gasteiger partial charge is 0.338 e. The van der Waals surface area contributed by atoms with Gasteiger partial charge in [0.2, 0.25) is 11.1 Å². The van der Waals surface area contributed by atoms with Gasteiger partial charge in [-0.1, -0.05) is 61.9 Å². The number of thioether (sulfide) groups is 1. The molecule has 4 rings (SSSR count). The SMILES string of the molecule is CCCCOC(=O)C1=C(C)Nc2nc(SCC)nn2C1c1cc(Br)c(OCc2cccc(C)c2)c(OCC)c1. The lowest BCUT2D eigenvalue weighted by atomic mass is 9.95. The summed E-state index contributed by atoms with van der Waals surface area (Å²) in [5.41, 5.74) is 4.21. The predicted molar refractivity (Wildman–Crippen MR) is 158 cm³/mol. The van der Waals surface area contributed by atoms with E-state index in [0.29, 0.717) is 53.7 Å². The number of allylic oxidation sites excluding steroid dienone is 1. The van der Waals surface area contributed by atoms with Crippen LogP contribution in [0.2, 0.25) is 0 Å².